The molecule has 4 heterocycles. The van der Waals surface area contributed by atoms with Crippen molar-refractivity contribution in [1.82, 2.24) is 15.0 Å². The van der Waals surface area contributed by atoms with Gasteiger partial charge in [0.05, 0.1) is 48.9 Å². The van der Waals surface area contributed by atoms with Gasteiger partial charge in [-0.3, -0.25) is 4.79 Å². The predicted octanol–water partition coefficient (Wildman–Crippen LogP) is 5.81. The number of hydrogen-bond acceptors (Lipinski definition) is 10. The number of aromatic nitrogens is 3. The van der Waals surface area contributed by atoms with E-state index in [1.165, 1.54) is 24.5 Å². The van der Waals surface area contributed by atoms with Crippen LogP contribution < -0.4 is 25.6 Å². The Morgan fingerprint density at radius 1 is 1.00 bits per heavy atom. The second-order valence-corrected chi connectivity index (χ2v) is 19.1. The standard InChI is InChI=1S/C33H41F4N7O5Si/c1-50(2,3)13-12-48-29-15-25(33(35,36)37)24(19-39-29)30(45)42-27-14-23(22-17-40-32(41-18-22)44-8-10-47-11-9-44)26(34)16-28(27)43-6-4-21(5-7-43)20-49-31(38)46/h14-19,21H,4-13,20H2,1-3H3,(H2,38,46)(H,42,45). The molecule has 0 spiro atoms. The van der Waals surface area contributed by atoms with Crippen LogP contribution in [0.3, 0.4) is 0 Å². The summed E-state index contributed by atoms with van der Waals surface area (Å²) in [6.45, 7) is 9.72. The van der Waals surface area contributed by atoms with Crippen LogP contribution in [0.5, 0.6) is 5.88 Å². The summed E-state index contributed by atoms with van der Waals surface area (Å²) in [4.78, 5) is 41.3. The summed E-state index contributed by atoms with van der Waals surface area (Å²) in [6, 6.07) is 4.04. The van der Waals surface area contributed by atoms with E-state index < -0.39 is 43.2 Å². The van der Waals surface area contributed by atoms with Gasteiger partial charge in [0.1, 0.15) is 5.82 Å². The molecule has 2 aliphatic heterocycles. The van der Waals surface area contributed by atoms with Crippen LogP contribution in [0, 0.1) is 11.7 Å². The lowest BCUT2D eigenvalue weighted by Gasteiger charge is -2.34. The van der Waals surface area contributed by atoms with Gasteiger partial charge in [0.25, 0.3) is 5.91 Å². The molecule has 2 amide bonds. The topological polar surface area (TPSA) is 145 Å². The van der Waals surface area contributed by atoms with Gasteiger partial charge in [-0.05, 0) is 36.9 Å². The highest BCUT2D eigenvalue weighted by molar-refractivity contribution is 6.76. The fourth-order valence-corrected chi connectivity index (χ4v) is 6.37. The SMILES string of the molecule is C[Si](C)(C)CCOc1cc(C(F)(F)F)c(C(=O)Nc2cc(-c3cnc(N4CCOCC4)nc3)c(F)cc2N2CCC(COC(N)=O)CC2)cn1. The number of halogens is 4. The fraction of sp³-hybridized carbons (Fsp3) is 0.485. The summed E-state index contributed by atoms with van der Waals surface area (Å²) >= 11 is 0. The third-order valence-corrected chi connectivity index (χ3v) is 10.2. The van der Waals surface area contributed by atoms with E-state index >= 15 is 4.39 Å². The zero-order valence-corrected chi connectivity index (χ0v) is 29.2. The van der Waals surface area contributed by atoms with Gasteiger partial charge in [0.2, 0.25) is 11.8 Å². The van der Waals surface area contributed by atoms with E-state index in [-0.39, 0.29) is 41.9 Å². The molecule has 17 heteroatoms. The van der Waals surface area contributed by atoms with Crippen LogP contribution in [-0.2, 0) is 15.7 Å². The molecule has 5 rings (SSSR count). The van der Waals surface area contributed by atoms with Crippen molar-refractivity contribution in [1.29, 1.82) is 0 Å². The number of alkyl halides is 3. The molecule has 0 unspecified atom stereocenters. The Labute approximate surface area is 288 Å². The Balaban J connectivity index is 1.45. The van der Waals surface area contributed by atoms with E-state index in [1.807, 2.05) is 9.80 Å². The number of nitrogens with zero attached hydrogens (tertiary/aromatic N) is 5. The largest absolute Gasteiger partial charge is 0.478 e. The van der Waals surface area contributed by atoms with E-state index in [1.54, 1.807) is 0 Å². The molecule has 0 saturated carbocycles. The number of amides is 2. The molecule has 1 aromatic carbocycles. The van der Waals surface area contributed by atoms with E-state index in [0.717, 1.165) is 12.3 Å². The van der Waals surface area contributed by atoms with E-state index in [2.05, 4.69) is 39.9 Å². The highest BCUT2D eigenvalue weighted by Gasteiger charge is 2.37. The van der Waals surface area contributed by atoms with Crippen molar-refractivity contribution in [2.45, 2.75) is 44.7 Å². The molecule has 2 aliphatic rings. The number of nitrogens with one attached hydrogen (secondary N) is 1. The molecule has 3 N–H and O–H groups in total. The van der Waals surface area contributed by atoms with Crippen LogP contribution in [0.25, 0.3) is 11.1 Å². The number of anilines is 3. The minimum Gasteiger partial charge on any atom is -0.478 e. The van der Waals surface area contributed by atoms with Gasteiger partial charge in [-0.2, -0.15) is 13.2 Å². The normalized spacial score (nSPS) is 15.9. The lowest BCUT2D eigenvalue weighted by Crippen LogP contribution is -2.37. The van der Waals surface area contributed by atoms with Gasteiger partial charge >= 0.3 is 12.3 Å². The van der Waals surface area contributed by atoms with Crippen molar-refractivity contribution in [3.63, 3.8) is 0 Å². The number of carbonyl (C=O) groups is 2. The average molecular weight is 720 g/mol. The number of pyridine rings is 1. The maximum Gasteiger partial charge on any atom is 0.417 e. The minimum absolute atomic E-state index is 0.00920. The molecule has 12 nitrogen and oxygen atoms in total. The zero-order valence-electron chi connectivity index (χ0n) is 28.2. The van der Waals surface area contributed by atoms with Crippen molar-refractivity contribution in [2.75, 3.05) is 67.7 Å². The zero-order chi connectivity index (χ0) is 36.1. The van der Waals surface area contributed by atoms with Crippen molar-refractivity contribution in [2.24, 2.45) is 11.7 Å². The molecule has 2 fully saturated rings. The number of ether oxygens (including phenoxy) is 3. The molecule has 3 aromatic rings. The van der Waals surface area contributed by atoms with Crippen molar-refractivity contribution >= 4 is 37.4 Å². The second kappa shape index (κ2) is 15.6. The molecule has 270 valence electrons. The summed E-state index contributed by atoms with van der Waals surface area (Å²) in [7, 11) is -1.52. The predicted molar refractivity (Wildman–Crippen MR) is 182 cm³/mol. The van der Waals surface area contributed by atoms with E-state index in [9.17, 15) is 22.8 Å². The fourth-order valence-electron chi connectivity index (χ4n) is 5.66. The molecule has 50 heavy (non-hydrogen) atoms. The molecular formula is C33H41F4N7O5Si. The van der Waals surface area contributed by atoms with Gasteiger partial charge in [-0.15, -0.1) is 0 Å². The highest BCUT2D eigenvalue weighted by Crippen LogP contribution is 2.38. The Kier molecular flexibility index (Phi) is 11.5. The lowest BCUT2D eigenvalue weighted by molar-refractivity contribution is -0.138. The molecule has 0 radical (unpaired) electrons. The average Bonchev–Trinajstić information content (AvgIpc) is 3.07. The summed E-state index contributed by atoms with van der Waals surface area (Å²) in [5.74, 6) is -1.50. The second-order valence-electron chi connectivity index (χ2n) is 13.5. The van der Waals surface area contributed by atoms with Crippen LogP contribution in [0.1, 0.15) is 28.8 Å². The third kappa shape index (κ3) is 9.59. The van der Waals surface area contributed by atoms with Crippen LogP contribution in [0.15, 0.2) is 36.8 Å². The molecule has 0 aliphatic carbocycles. The van der Waals surface area contributed by atoms with Crippen molar-refractivity contribution in [3.8, 4) is 17.0 Å². The van der Waals surface area contributed by atoms with Crippen LogP contribution >= 0.6 is 0 Å². The van der Waals surface area contributed by atoms with Gasteiger partial charge in [-0.1, -0.05) is 19.6 Å². The molecule has 0 bridgehead atoms. The molecular weight excluding hydrogens is 678 g/mol. The maximum atomic E-state index is 15.8. The highest BCUT2D eigenvalue weighted by atomic mass is 28.3. The first-order valence-electron chi connectivity index (χ1n) is 16.3. The van der Waals surface area contributed by atoms with Gasteiger partial charge in [0, 0.05) is 70.0 Å². The minimum atomic E-state index is -4.89. The number of nitrogens with two attached hydrogens (primary N) is 1. The number of carbonyl (C=O) groups excluding carboxylic acids is 2. The first-order chi connectivity index (χ1) is 23.7. The van der Waals surface area contributed by atoms with Gasteiger partial charge in [-0.25, -0.2) is 24.1 Å². The Bertz CT molecular complexity index is 1660. The van der Waals surface area contributed by atoms with Crippen molar-refractivity contribution in [3.05, 3.63) is 53.7 Å². The van der Waals surface area contributed by atoms with E-state index in [0.29, 0.717) is 69.8 Å². The monoisotopic (exact) mass is 719 g/mol. The van der Waals surface area contributed by atoms with Crippen molar-refractivity contribution < 1.29 is 41.4 Å². The number of primary amides is 1. The third-order valence-electron chi connectivity index (χ3n) is 8.52. The number of piperidine rings is 1. The van der Waals surface area contributed by atoms with E-state index in [4.69, 9.17) is 19.9 Å². The number of rotatable bonds is 11. The van der Waals surface area contributed by atoms with Crippen LogP contribution in [-0.4, -0.2) is 87.6 Å². The first-order valence-corrected chi connectivity index (χ1v) is 20.1. The van der Waals surface area contributed by atoms with Crippen LogP contribution in [0.4, 0.5) is 39.7 Å². The quantitative estimate of drug-likeness (QED) is 0.184. The first kappa shape index (κ1) is 36.8. The molecule has 0 atom stereocenters. The summed E-state index contributed by atoms with van der Waals surface area (Å²) < 4.78 is 74.5. The summed E-state index contributed by atoms with van der Waals surface area (Å²) in [5.41, 5.74) is 3.88. The Morgan fingerprint density at radius 3 is 2.30 bits per heavy atom. The molecule has 2 saturated heterocycles. The Hall–Kier alpha value is -4.51. The molecule has 2 aromatic heterocycles. The van der Waals surface area contributed by atoms with Crippen LogP contribution in [0.2, 0.25) is 25.7 Å². The number of morpholine rings is 1. The van der Waals surface area contributed by atoms with Gasteiger partial charge < -0.3 is 35.1 Å². The smallest absolute Gasteiger partial charge is 0.417 e. The lowest BCUT2D eigenvalue weighted by atomic mass is 9.96. The number of benzene rings is 1. The maximum absolute atomic E-state index is 15.8. The van der Waals surface area contributed by atoms with Gasteiger partial charge in [0.15, 0.2) is 0 Å². The number of hydrogen-bond donors (Lipinski definition) is 2. The summed E-state index contributed by atoms with van der Waals surface area (Å²) in [5, 5.41) is 2.60. The Morgan fingerprint density at radius 2 is 1.68 bits per heavy atom. The summed E-state index contributed by atoms with van der Waals surface area (Å²) in [6.07, 6.45) is -0.899.